The van der Waals surface area contributed by atoms with Crippen molar-refractivity contribution in [1.29, 1.82) is 0 Å². The highest BCUT2D eigenvalue weighted by molar-refractivity contribution is 5.52. The molecule has 0 aromatic heterocycles. The molecule has 6 heteroatoms. The normalized spacial score (nSPS) is 13.5. The van der Waals surface area contributed by atoms with Crippen LogP contribution in [0.2, 0.25) is 0 Å². The molecule has 0 saturated heterocycles. The Morgan fingerprint density at radius 2 is 0.852 bits per heavy atom. The third-order valence-electron chi connectivity index (χ3n) is 4.82. The SMILES string of the molecule is CC(C)c1ccccc1C(c1ccccc1C(C)C)(C(F)(F)F)C(F)(F)F. The number of halogens is 6. The number of hydrogen-bond donors (Lipinski definition) is 0. The highest BCUT2D eigenvalue weighted by Crippen LogP contribution is 2.58. The summed E-state index contributed by atoms with van der Waals surface area (Å²) in [4.78, 5) is 0. The monoisotopic (exact) mass is 388 g/mol. The number of rotatable bonds is 4. The van der Waals surface area contributed by atoms with Gasteiger partial charge in [0.1, 0.15) is 0 Å². The molecule has 0 bridgehead atoms. The van der Waals surface area contributed by atoms with E-state index in [1.807, 2.05) is 0 Å². The lowest BCUT2D eigenvalue weighted by Gasteiger charge is -2.41. The fourth-order valence-corrected chi connectivity index (χ4v) is 3.60. The maximum atomic E-state index is 14.4. The van der Waals surface area contributed by atoms with E-state index in [9.17, 15) is 26.3 Å². The summed E-state index contributed by atoms with van der Waals surface area (Å²) in [5.41, 5.74) is -5.54. The van der Waals surface area contributed by atoms with E-state index in [0.29, 0.717) is 0 Å². The fraction of sp³-hybridized carbons (Fsp3) is 0.429. The molecule has 0 aliphatic rings. The van der Waals surface area contributed by atoms with E-state index in [1.54, 1.807) is 27.7 Å². The molecule has 0 spiro atoms. The third-order valence-corrected chi connectivity index (χ3v) is 4.82. The lowest BCUT2D eigenvalue weighted by molar-refractivity contribution is -0.289. The highest BCUT2D eigenvalue weighted by Gasteiger charge is 2.73. The molecular weight excluding hydrogens is 366 g/mol. The van der Waals surface area contributed by atoms with Crippen molar-refractivity contribution in [3.63, 3.8) is 0 Å². The van der Waals surface area contributed by atoms with Crippen molar-refractivity contribution in [3.8, 4) is 0 Å². The van der Waals surface area contributed by atoms with Crippen LogP contribution in [-0.4, -0.2) is 12.4 Å². The molecule has 2 aromatic carbocycles. The molecule has 0 fully saturated rings. The first-order valence-electron chi connectivity index (χ1n) is 8.68. The topological polar surface area (TPSA) is 0 Å². The average molecular weight is 388 g/mol. The van der Waals surface area contributed by atoms with Crippen LogP contribution in [0.5, 0.6) is 0 Å². The maximum Gasteiger partial charge on any atom is 0.411 e. The lowest BCUT2D eigenvalue weighted by atomic mass is 9.67. The van der Waals surface area contributed by atoms with Crippen LogP contribution in [0.15, 0.2) is 48.5 Å². The van der Waals surface area contributed by atoms with E-state index in [2.05, 4.69) is 0 Å². The van der Waals surface area contributed by atoms with Crippen LogP contribution in [0.4, 0.5) is 26.3 Å². The molecule has 148 valence electrons. The van der Waals surface area contributed by atoms with Gasteiger partial charge in [0.2, 0.25) is 5.41 Å². The molecule has 0 amide bonds. The molecule has 0 nitrogen and oxygen atoms in total. The Kier molecular flexibility index (Phi) is 5.69. The molecule has 2 rings (SSSR count). The number of benzene rings is 2. The van der Waals surface area contributed by atoms with Crippen molar-refractivity contribution >= 4 is 0 Å². The smallest absolute Gasteiger partial charge is 0.169 e. The van der Waals surface area contributed by atoms with Crippen molar-refractivity contribution in [1.82, 2.24) is 0 Å². The summed E-state index contributed by atoms with van der Waals surface area (Å²) in [7, 11) is 0. The molecule has 0 saturated carbocycles. The van der Waals surface area contributed by atoms with Crippen molar-refractivity contribution in [2.45, 2.75) is 57.3 Å². The fourth-order valence-electron chi connectivity index (χ4n) is 3.60. The predicted molar refractivity (Wildman–Crippen MR) is 94.0 cm³/mol. The molecule has 0 aliphatic heterocycles. The number of hydrogen-bond acceptors (Lipinski definition) is 0. The third kappa shape index (κ3) is 3.46. The molecule has 0 atom stereocenters. The minimum atomic E-state index is -5.57. The second kappa shape index (κ2) is 7.21. The summed E-state index contributed by atoms with van der Waals surface area (Å²) >= 11 is 0. The van der Waals surface area contributed by atoms with Gasteiger partial charge in [0.05, 0.1) is 0 Å². The molecule has 0 unspecified atom stereocenters. The van der Waals surface area contributed by atoms with Crippen molar-refractivity contribution in [3.05, 3.63) is 70.8 Å². The summed E-state index contributed by atoms with van der Waals surface area (Å²) in [6, 6.07) is 9.96. The van der Waals surface area contributed by atoms with Crippen LogP contribution in [0.25, 0.3) is 0 Å². The molecule has 27 heavy (non-hydrogen) atoms. The summed E-state index contributed by atoms with van der Waals surface area (Å²) in [5, 5.41) is 0. The van der Waals surface area contributed by atoms with Gasteiger partial charge in [-0.15, -0.1) is 0 Å². The molecule has 0 aliphatic carbocycles. The maximum absolute atomic E-state index is 14.4. The number of alkyl halides is 6. The Bertz CT molecular complexity index is 716. The van der Waals surface area contributed by atoms with Crippen LogP contribution in [-0.2, 0) is 5.41 Å². The second-order valence-electron chi connectivity index (χ2n) is 7.23. The Balaban J connectivity index is 3.09. The largest absolute Gasteiger partial charge is 0.411 e. The van der Waals surface area contributed by atoms with E-state index < -0.39 is 40.7 Å². The van der Waals surface area contributed by atoms with E-state index >= 15 is 0 Å². The first kappa shape index (κ1) is 21.3. The zero-order valence-electron chi connectivity index (χ0n) is 15.5. The standard InChI is InChI=1S/C21H22F6/c1-13(2)15-9-5-7-11-17(15)19(20(22,23)24,21(25,26)27)18-12-8-6-10-16(18)14(3)4/h5-14H,1-4H3. The average Bonchev–Trinajstić information content (AvgIpc) is 2.53. The van der Waals surface area contributed by atoms with Gasteiger partial charge in [0, 0.05) is 0 Å². The molecule has 0 radical (unpaired) electrons. The van der Waals surface area contributed by atoms with Gasteiger partial charge in [0.15, 0.2) is 0 Å². The van der Waals surface area contributed by atoms with E-state index in [0.717, 1.165) is 12.1 Å². The molecule has 0 N–H and O–H groups in total. The van der Waals surface area contributed by atoms with E-state index in [-0.39, 0.29) is 11.1 Å². The van der Waals surface area contributed by atoms with Gasteiger partial charge in [-0.3, -0.25) is 0 Å². The lowest BCUT2D eigenvalue weighted by Crippen LogP contribution is -2.55. The first-order chi connectivity index (χ1) is 12.4. The Morgan fingerprint density at radius 1 is 0.556 bits per heavy atom. The van der Waals surface area contributed by atoms with Crippen LogP contribution < -0.4 is 0 Å². The van der Waals surface area contributed by atoms with Crippen LogP contribution in [0, 0.1) is 0 Å². The van der Waals surface area contributed by atoms with Gasteiger partial charge < -0.3 is 0 Å². The van der Waals surface area contributed by atoms with Gasteiger partial charge in [-0.25, -0.2) is 0 Å². The highest BCUT2D eigenvalue weighted by atomic mass is 19.4. The van der Waals surface area contributed by atoms with Crippen LogP contribution >= 0.6 is 0 Å². The van der Waals surface area contributed by atoms with Crippen molar-refractivity contribution < 1.29 is 26.3 Å². The Labute approximate surface area is 155 Å². The van der Waals surface area contributed by atoms with Gasteiger partial charge in [-0.05, 0) is 34.1 Å². The minimum Gasteiger partial charge on any atom is -0.169 e. The van der Waals surface area contributed by atoms with Gasteiger partial charge in [-0.2, -0.15) is 26.3 Å². The van der Waals surface area contributed by atoms with Gasteiger partial charge in [-0.1, -0.05) is 76.2 Å². The summed E-state index contributed by atoms with van der Waals surface area (Å²) in [6.07, 6.45) is -11.1. The molecular formula is C21H22F6. The minimum absolute atomic E-state index is 0.0331. The van der Waals surface area contributed by atoms with Crippen molar-refractivity contribution in [2.75, 3.05) is 0 Å². The summed E-state index contributed by atoms with van der Waals surface area (Å²) < 4.78 is 86.5. The van der Waals surface area contributed by atoms with Gasteiger partial charge in [0.25, 0.3) is 0 Å². The predicted octanol–water partition coefficient (Wildman–Crippen LogP) is 7.34. The Hall–Kier alpha value is -1.98. The van der Waals surface area contributed by atoms with E-state index in [1.165, 1.54) is 36.4 Å². The van der Waals surface area contributed by atoms with Crippen LogP contribution in [0.3, 0.4) is 0 Å². The first-order valence-corrected chi connectivity index (χ1v) is 8.68. The molecule has 0 heterocycles. The van der Waals surface area contributed by atoms with Gasteiger partial charge >= 0.3 is 12.4 Å². The summed E-state index contributed by atoms with van der Waals surface area (Å²) in [6.45, 7) is 6.35. The quantitative estimate of drug-likeness (QED) is 0.481. The zero-order valence-corrected chi connectivity index (χ0v) is 15.5. The second-order valence-corrected chi connectivity index (χ2v) is 7.23. The van der Waals surface area contributed by atoms with Crippen LogP contribution in [0.1, 0.15) is 61.8 Å². The Morgan fingerprint density at radius 3 is 1.11 bits per heavy atom. The molecule has 2 aromatic rings. The summed E-state index contributed by atoms with van der Waals surface area (Å²) in [5.74, 6) is -1.01. The van der Waals surface area contributed by atoms with E-state index in [4.69, 9.17) is 0 Å². The van der Waals surface area contributed by atoms with Crippen molar-refractivity contribution in [2.24, 2.45) is 0 Å². The zero-order chi connectivity index (χ0) is 20.6.